The van der Waals surface area contributed by atoms with Crippen LogP contribution in [0.5, 0.6) is 0 Å². The van der Waals surface area contributed by atoms with E-state index in [2.05, 4.69) is 9.97 Å². The van der Waals surface area contributed by atoms with E-state index in [-0.39, 0.29) is 17.3 Å². The lowest BCUT2D eigenvalue weighted by Crippen LogP contribution is -2.09. The normalized spacial score (nSPS) is 10.9. The Morgan fingerprint density at radius 3 is 2.77 bits per heavy atom. The number of esters is 1. The van der Waals surface area contributed by atoms with Crippen molar-refractivity contribution in [3.05, 3.63) is 58.2 Å². The van der Waals surface area contributed by atoms with E-state index < -0.39 is 5.97 Å². The summed E-state index contributed by atoms with van der Waals surface area (Å²) in [4.78, 5) is 20.5. The standard InChI is InChI=1S/C16H13ClN2O3/c1-9-7-10(2)18-15(17)14(9)16(20)21-8-13-19-11-5-3-4-6-12(11)22-13/h3-7H,8H2,1-2H3. The molecule has 0 aliphatic heterocycles. The van der Waals surface area contributed by atoms with Crippen LogP contribution in [-0.2, 0) is 11.3 Å². The zero-order valence-corrected chi connectivity index (χ0v) is 12.8. The van der Waals surface area contributed by atoms with Crippen LogP contribution in [0.1, 0.15) is 27.5 Å². The summed E-state index contributed by atoms with van der Waals surface area (Å²) >= 11 is 6.02. The first-order chi connectivity index (χ1) is 10.5. The van der Waals surface area contributed by atoms with E-state index in [0.29, 0.717) is 11.5 Å². The third-order valence-corrected chi connectivity index (χ3v) is 3.44. The highest BCUT2D eigenvalue weighted by Crippen LogP contribution is 2.21. The quantitative estimate of drug-likeness (QED) is 0.542. The summed E-state index contributed by atoms with van der Waals surface area (Å²) < 4.78 is 10.7. The van der Waals surface area contributed by atoms with Crippen LogP contribution in [0, 0.1) is 13.8 Å². The fraction of sp³-hybridized carbons (Fsp3) is 0.188. The Balaban J connectivity index is 1.77. The molecule has 3 rings (SSSR count). The lowest BCUT2D eigenvalue weighted by Gasteiger charge is -2.08. The number of pyridine rings is 1. The van der Waals surface area contributed by atoms with Crippen LogP contribution in [0.3, 0.4) is 0 Å². The molecule has 0 saturated carbocycles. The first-order valence-corrected chi connectivity index (χ1v) is 7.07. The van der Waals surface area contributed by atoms with Gasteiger partial charge in [0, 0.05) is 5.69 Å². The van der Waals surface area contributed by atoms with Gasteiger partial charge in [-0.3, -0.25) is 0 Å². The fourth-order valence-electron chi connectivity index (χ4n) is 2.22. The first kappa shape index (κ1) is 14.5. The van der Waals surface area contributed by atoms with Gasteiger partial charge >= 0.3 is 5.97 Å². The van der Waals surface area contributed by atoms with Gasteiger partial charge in [-0.15, -0.1) is 0 Å². The predicted molar refractivity (Wildman–Crippen MR) is 81.8 cm³/mol. The van der Waals surface area contributed by atoms with Crippen LogP contribution in [0.15, 0.2) is 34.7 Å². The van der Waals surface area contributed by atoms with Gasteiger partial charge in [-0.05, 0) is 37.6 Å². The minimum absolute atomic E-state index is 0.0584. The lowest BCUT2D eigenvalue weighted by molar-refractivity contribution is 0.0439. The number of aromatic nitrogens is 2. The molecule has 5 nitrogen and oxygen atoms in total. The second-order valence-electron chi connectivity index (χ2n) is 4.90. The van der Waals surface area contributed by atoms with E-state index in [1.165, 1.54) is 0 Å². The van der Waals surface area contributed by atoms with Crippen LogP contribution < -0.4 is 0 Å². The molecule has 0 fully saturated rings. The summed E-state index contributed by atoms with van der Waals surface area (Å²) in [5.41, 5.74) is 3.11. The molecular weight excluding hydrogens is 304 g/mol. The summed E-state index contributed by atoms with van der Waals surface area (Å²) in [6.45, 7) is 3.54. The minimum Gasteiger partial charge on any atom is -0.452 e. The Morgan fingerprint density at radius 2 is 2.05 bits per heavy atom. The number of fused-ring (bicyclic) bond motifs is 1. The van der Waals surface area contributed by atoms with E-state index in [4.69, 9.17) is 20.8 Å². The van der Waals surface area contributed by atoms with E-state index in [0.717, 1.165) is 16.8 Å². The second kappa shape index (κ2) is 5.77. The average Bonchev–Trinajstić information content (AvgIpc) is 2.86. The van der Waals surface area contributed by atoms with Crippen molar-refractivity contribution in [3.8, 4) is 0 Å². The molecular formula is C16H13ClN2O3. The van der Waals surface area contributed by atoms with Gasteiger partial charge in [-0.2, -0.15) is 0 Å². The molecule has 0 radical (unpaired) electrons. The maximum atomic E-state index is 12.2. The highest BCUT2D eigenvalue weighted by Gasteiger charge is 2.18. The monoisotopic (exact) mass is 316 g/mol. The molecule has 0 aliphatic rings. The highest BCUT2D eigenvalue weighted by atomic mass is 35.5. The zero-order chi connectivity index (χ0) is 15.7. The number of hydrogen-bond acceptors (Lipinski definition) is 5. The summed E-state index contributed by atoms with van der Waals surface area (Å²) in [5, 5.41) is 0.139. The Bertz CT molecular complexity index is 801. The number of rotatable bonds is 3. The molecule has 2 heterocycles. The molecule has 0 saturated heterocycles. The molecule has 112 valence electrons. The van der Waals surface area contributed by atoms with Crippen molar-refractivity contribution < 1.29 is 13.9 Å². The van der Waals surface area contributed by atoms with Crippen molar-refractivity contribution in [2.45, 2.75) is 20.5 Å². The number of benzene rings is 1. The number of nitrogens with zero attached hydrogens (tertiary/aromatic N) is 2. The number of hydrogen-bond donors (Lipinski definition) is 0. The highest BCUT2D eigenvalue weighted by molar-refractivity contribution is 6.32. The molecule has 1 aromatic carbocycles. The first-order valence-electron chi connectivity index (χ1n) is 6.70. The average molecular weight is 317 g/mol. The maximum Gasteiger partial charge on any atom is 0.342 e. The molecule has 6 heteroatoms. The number of carbonyl (C=O) groups excluding carboxylic acids is 1. The van der Waals surface area contributed by atoms with Crippen molar-refractivity contribution in [2.24, 2.45) is 0 Å². The molecule has 0 amide bonds. The molecule has 0 atom stereocenters. The van der Waals surface area contributed by atoms with Gasteiger partial charge in [0.1, 0.15) is 10.7 Å². The third kappa shape index (κ3) is 2.80. The topological polar surface area (TPSA) is 65.2 Å². The molecule has 0 spiro atoms. The van der Waals surface area contributed by atoms with Crippen LogP contribution >= 0.6 is 11.6 Å². The summed E-state index contributed by atoms with van der Waals surface area (Å²) in [7, 11) is 0. The van der Waals surface area contributed by atoms with E-state index in [9.17, 15) is 4.79 Å². The molecule has 0 aliphatic carbocycles. The Morgan fingerprint density at radius 1 is 1.27 bits per heavy atom. The zero-order valence-electron chi connectivity index (χ0n) is 12.1. The summed E-state index contributed by atoms with van der Waals surface area (Å²) in [6.07, 6.45) is 0. The number of oxazole rings is 1. The van der Waals surface area contributed by atoms with Crippen LogP contribution in [0.2, 0.25) is 5.15 Å². The molecule has 0 unspecified atom stereocenters. The van der Waals surface area contributed by atoms with E-state index in [1.807, 2.05) is 25.1 Å². The predicted octanol–water partition coefficient (Wildman–Crippen LogP) is 3.85. The largest absolute Gasteiger partial charge is 0.452 e. The maximum absolute atomic E-state index is 12.2. The van der Waals surface area contributed by atoms with Gasteiger partial charge in [0.15, 0.2) is 12.2 Å². The molecule has 2 aromatic heterocycles. The number of carbonyl (C=O) groups is 1. The summed E-state index contributed by atoms with van der Waals surface area (Å²) in [6, 6.07) is 9.13. The number of halogens is 1. The minimum atomic E-state index is -0.544. The molecule has 0 N–H and O–H groups in total. The number of para-hydroxylation sites is 2. The van der Waals surface area contributed by atoms with Crippen molar-refractivity contribution >= 4 is 28.7 Å². The van der Waals surface area contributed by atoms with Gasteiger partial charge in [0.2, 0.25) is 5.89 Å². The molecule has 22 heavy (non-hydrogen) atoms. The van der Waals surface area contributed by atoms with Gasteiger partial charge in [0.05, 0.1) is 5.56 Å². The van der Waals surface area contributed by atoms with E-state index >= 15 is 0 Å². The smallest absolute Gasteiger partial charge is 0.342 e. The fourth-order valence-corrected chi connectivity index (χ4v) is 2.58. The Hall–Kier alpha value is -2.40. The van der Waals surface area contributed by atoms with Crippen molar-refractivity contribution in [2.75, 3.05) is 0 Å². The lowest BCUT2D eigenvalue weighted by atomic mass is 10.1. The van der Waals surface area contributed by atoms with Crippen molar-refractivity contribution in [1.82, 2.24) is 9.97 Å². The third-order valence-electron chi connectivity index (χ3n) is 3.17. The Kier molecular flexibility index (Phi) is 3.81. The Labute approximate surface area is 131 Å². The van der Waals surface area contributed by atoms with Crippen LogP contribution in [-0.4, -0.2) is 15.9 Å². The van der Waals surface area contributed by atoms with Gasteiger partial charge < -0.3 is 9.15 Å². The van der Waals surface area contributed by atoms with Gasteiger partial charge in [0.25, 0.3) is 0 Å². The van der Waals surface area contributed by atoms with Crippen molar-refractivity contribution in [3.63, 3.8) is 0 Å². The van der Waals surface area contributed by atoms with Crippen LogP contribution in [0.4, 0.5) is 0 Å². The van der Waals surface area contributed by atoms with Crippen molar-refractivity contribution in [1.29, 1.82) is 0 Å². The van der Waals surface area contributed by atoms with E-state index in [1.54, 1.807) is 19.1 Å². The van der Waals surface area contributed by atoms with Gasteiger partial charge in [-0.25, -0.2) is 14.8 Å². The number of ether oxygens (including phenoxy) is 1. The summed E-state index contributed by atoms with van der Waals surface area (Å²) in [5.74, 6) is -0.208. The SMILES string of the molecule is Cc1cc(C)c(C(=O)OCc2nc3ccccc3o2)c(Cl)n1. The van der Waals surface area contributed by atoms with Crippen LogP contribution in [0.25, 0.3) is 11.1 Å². The second-order valence-corrected chi connectivity index (χ2v) is 5.26. The molecule has 3 aromatic rings. The van der Waals surface area contributed by atoms with Gasteiger partial charge in [-0.1, -0.05) is 23.7 Å². The number of aryl methyl sites for hydroxylation is 2. The molecule has 0 bridgehead atoms.